The predicted molar refractivity (Wildman–Crippen MR) is 198 cm³/mol. The van der Waals surface area contributed by atoms with E-state index in [0.29, 0.717) is 42.7 Å². The van der Waals surface area contributed by atoms with Gasteiger partial charge >= 0.3 is 0 Å². The molecule has 2 heteroatoms. The first-order valence-electron chi connectivity index (χ1n) is 16.2. The van der Waals surface area contributed by atoms with Crippen LogP contribution in [0.4, 0.5) is 0 Å². The van der Waals surface area contributed by atoms with Gasteiger partial charge in [-0.05, 0) is 101 Å². The first-order chi connectivity index (χ1) is 20.9. The Morgan fingerprint density at radius 1 is 0.455 bits per heavy atom. The topological polar surface area (TPSA) is 0 Å². The van der Waals surface area contributed by atoms with E-state index in [0.717, 1.165) is 11.1 Å². The molecule has 4 radical (unpaired) electrons. The summed E-state index contributed by atoms with van der Waals surface area (Å²) >= 11 is 0. The van der Waals surface area contributed by atoms with E-state index < -0.39 is 0 Å². The van der Waals surface area contributed by atoms with Crippen LogP contribution < -0.4 is 0 Å². The van der Waals surface area contributed by atoms with Crippen molar-refractivity contribution < 1.29 is 0 Å². The fourth-order valence-electron chi connectivity index (χ4n) is 6.25. The van der Waals surface area contributed by atoms with Crippen LogP contribution in [0.15, 0.2) is 72.8 Å². The summed E-state index contributed by atoms with van der Waals surface area (Å²) in [6.07, 6.45) is 0. The molecule has 5 aromatic rings. The average molecular weight is 607 g/mol. The Balaban J connectivity index is 1.81. The summed E-state index contributed by atoms with van der Waals surface area (Å²) in [6.45, 7) is 23.5. The molecule has 0 bridgehead atoms. The Kier molecular flexibility index (Phi) is 9.19. The molecule has 0 spiro atoms. The van der Waals surface area contributed by atoms with Crippen LogP contribution >= 0.6 is 0 Å². The minimum Gasteiger partial charge on any atom is -0.130 e. The third kappa shape index (κ3) is 5.88. The molecule has 0 saturated heterocycles. The van der Waals surface area contributed by atoms with Gasteiger partial charge in [-0.1, -0.05) is 130 Å². The minimum absolute atomic E-state index is 0.191. The van der Waals surface area contributed by atoms with Crippen molar-refractivity contribution in [3.63, 3.8) is 0 Å². The van der Waals surface area contributed by atoms with Crippen LogP contribution in [0.3, 0.4) is 0 Å². The highest BCUT2D eigenvalue weighted by molar-refractivity contribution is 6.50. The van der Waals surface area contributed by atoms with Gasteiger partial charge in [0.1, 0.15) is 0 Å². The van der Waals surface area contributed by atoms with Gasteiger partial charge in [-0.25, -0.2) is 0 Å². The summed E-state index contributed by atoms with van der Waals surface area (Å²) < 4.78 is 0. The van der Waals surface area contributed by atoms with Crippen LogP contribution in [0.25, 0.3) is 43.1 Å². The summed E-state index contributed by atoms with van der Waals surface area (Å²) in [7, 11) is 1.14. The van der Waals surface area contributed by atoms with Gasteiger partial charge in [0.25, 0.3) is 0 Å². The Morgan fingerprint density at radius 2 is 0.795 bits per heavy atom. The zero-order valence-corrected chi connectivity index (χ0v) is 30.2. The molecule has 0 heterocycles. The monoisotopic (exact) mass is 606 g/mol. The van der Waals surface area contributed by atoms with Crippen molar-refractivity contribution in [3.8, 4) is 22.9 Å². The Bertz CT molecular complexity index is 1810. The quantitative estimate of drug-likeness (QED) is 0.102. The van der Waals surface area contributed by atoms with E-state index in [4.69, 9.17) is 0 Å². The van der Waals surface area contributed by atoms with Gasteiger partial charge < -0.3 is 0 Å². The van der Waals surface area contributed by atoms with Crippen molar-refractivity contribution in [1.29, 1.82) is 0 Å². The summed E-state index contributed by atoms with van der Waals surface area (Å²) in [4.78, 5) is 0. The van der Waals surface area contributed by atoms with Gasteiger partial charge in [0.05, 0.1) is 0 Å². The van der Waals surface area contributed by atoms with Gasteiger partial charge in [-0.2, -0.15) is 0 Å². The number of fused-ring (bicyclic) bond motifs is 4. The van der Waals surface area contributed by atoms with Crippen molar-refractivity contribution in [2.75, 3.05) is 0 Å². The van der Waals surface area contributed by atoms with E-state index in [9.17, 15) is 0 Å². The molecule has 5 aromatic carbocycles. The van der Waals surface area contributed by atoms with E-state index in [-0.39, 0.29) is 10.1 Å². The molecule has 0 amide bonds. The van der Waals surface area contributed by atoms with Crippen LogP contribution in [0.2, 0.25) is 10.1 Å². The zero-order valence-electron chi connectivity index (χ0n) is 28.2. The molecule has 0 N–H and O–H groups in total. The number of hydrogen-bond donors (Lipinski definition) is 0. The van der Waals surface area contributed by atoms with Gasteiger partial charge in [0.15, 0.2) is 19.0 Å². The molecule has 0 saturated carbocycles. The maximum Gasteiger partial charge on any atom is 0.155 e. The second-order valence-electron chi connectivity index (χ2n) is 14.2. The van der Waals surface area contributed by atoms with E-state index in [1.54, 1.807) is 0 Å². The lowest BCUT2D eigenvalue weighted by molar-refractivity contribution is 0.336. The highest BCUT2D eigenvalue weighted by Crippen LogP contribution is 2.43. The Labute approximate surface area is 271 Å². The van der Waals surface area contributed by atoms with Crippen molar-refractivity contribution in [2.24, 2.45) is 23.7 Å². The average Bonchev–Trinajstić information content (AvgIpc) is 2.99. The third-order valence-corrected chi connectivity index (χ3v) is 14.6. The largest absolute Gasteiger partial charge is 0.155 e. The van der Waals surface area contributed by atoms with Crippen LogP contribution in [-0.4, -0.2) is 19.0 Å². The zero-order chi connectivity index (χ0) is 31.8. The maximum absolute atomic E-state index is 3.75. The smallest absolute Gasteiger partial charge is 0.130 e. The molecule has 0 aliphatic carbocycles. The van der Waals surface area contributed by atoms with Crippen LogP contribution in [-0.2, 0) is 0 Å². The molecule has 0 aliphatic rings. The molecular formula is C42H46Si2. The summed E-state index contributed by atoms with van der Waals surface area (Å²) in [5.74, 6) is 9.79. The first kappa shape index (κ1) is 32.1. The lowest BCUT2D eigenvalue weighted by Crippen LogP contribution is -2.28. The second-order valence-corrected chi connectivity index (χ2v) is 17.3. The van der Waals surface area contributed by atoms with Crippen LogP contribution in [0.1, 0.15) is 80.4 Å². The van der Waals surface area contributed by atoms with E-state index in [1.165, 1.54) is 43.1 Å². The lowest BCUT2D eigenvalue weighted by Gasteiger charge is -2.35. The Hall–Kier alpha value is -3.31. The van der Waals surface area contributed by atoms with E-state index in [1.807, 2.05) is 0 Å². The van der Waals surface area contributed by atoms with E-state index >= 15 is 0 Å². The van der Waals surface area contributed by atoms with Gasteiger partial charge in [0, 0.05) is 11.1 Å². The molecule has 0 unspecified atom stereocenters. The van der Waals surface area contributed by atoms with Crippen LogP contribution in [0.5, 0.6) is 0 Å². The minimum atomic E-state index is 0.191. The SMILES string of the molecule is CC(C)C(C)([Si]C#Cc1c2ccccc2c(C#C[Si]C(C)(C(C)C)C(C)C)c2cc3cc4ccccc4cc3cc12)C(C)C. The van der Waals surface area contributed by atoms with Gasteiger partial charge in [-0.15, -0.1) is 11.1 Å². The van der Waals surface area contributed by atoms with Crippen molar-refractivity contribution in [2.45, 2.75) is 79.3 Å². The molecule has 0 aromatic heterocycles. The summed E-state index contributed by atoms with van der Waals surface area (Å²) in [5, 5.41) is 10.2. The van der Waals surface area contributed by atoms with Crippen molar-refractivity contribution in [3.05, 3.63) is 83.9 Å². The predicted octanol–water partition coefficient (Wildman–Crippen LogP) is 11.3. The second kappa shape index (κ2) is 12.6. The Morgan fingerprint density at radius 3 is 1.14 bits per heavy atom. The highest BCUT2D eigenvalue weighted by atomic mass is 28.2. The molecular weight excluding hydrogens is 561 g/mol. The van der Waals surface area contributed by atoms with Crippen molar-refractivity contribution >= 4 is 62.1 Å². The first-order valence-corrected chi connectivity index (χ1v) is 18.2. The van der Waals surface area contributed by atoms with Gasteiger partial charge in [-0.3, -0.25) is 0 Å². The highest BCUT2D eigenvalue weighted by Gasteiger charge is 2.33. The third-order valence-electron chi connectivity index (χ3n) is 10.7. The lowest BCUT2D eigenvalue weighted by atomic mass is 9.86. The van der Waals surface area contributed by atoms with Gasteiger partial charge in [0.2, 0.25) is 0 Å². The molecule has 0 atom stereocenters. The maximum atomic E-state index is 3.75. The fourth-order valence-corrected chi connectivity index (χ4v) is 8.32. The summed E-state index contributed by atoms with van der Waals surface area (Å²) in [6, 6.07) is 26.9. The van der Waals surface area contributed by atoms with Crippen LogP contribution in [0, 0.1) is 46.6 Å². The summed E-state index contributed by atoms with van der Waals surface area (Å²) in [5.41, 5.74) is 9.70. The standard InChI is InChI=1S/C42H46Si2/c1-27(2)41(9,28(3)4)43-21-19-37-35-17-13-14-18-36(35)38(20-22-44-42(10,29(5)6)30(7)8)40-26-34-24-32-16-12-11-15-31(32)23-33(34)25-39(37)40/h11-18,23-30H,1-10H3. The molecule has 0 aliphatic heterocycles. The normalized spacial score (nSPS) is 12.5. The van der Waals surface area contributed by atoms with Crippen molar-refractivity contribution in [1.82, 2.24) is 0 Å². The fraction of sp³-hybridized carbons (Fsp3) is 0.381. The molecule has 222 valence electrons. The number of rotatable bonds is 6. The number of benzene rings is 5. The van der Waals surface area contributed by atoms with E-state index in [2.05, 4.69) is 165 Å². The molecule has 0 nitrogen and oxygen atoms in total. The molecule has 5 rings (SSSR count). The molecule has 0 fully saturated rings. The number of hydrogen-bond acceptors (Lipinski definition) is 0. The molecule has 44 heavy (non-hydrogen) atoms.